The summed E-state index contributed by atoms with van der Waals surface area (Å²) in [6.07, 6.45) is 2.40. The van der Waals surface area contributed by atoms with Crippen molar-refractivity contribution in [1.29, 1.82) is 0 Å². The van der Waals surface area contributed by atoms with E-state index in [0.717, 1.165) is 12.6 Å². The van der Waals surface area contributed by atoms with Crippen molar-refractivity contribution in [2.75, 3.05) is 5.32 Å². The molecule has 0 saturated carbocycles. The fourth-order valence-corrected chi connectivity index (χ4v) is 3.07. The van der Waals surface area contributed by atoms with Gasteiger partial charge in [0.1, 0.15) is 5.82 Å². The predicted molar refractivity (Wildman–Crippen MR) is 95.2 cm³/mol. The molecule has 2 heterocycles. The Hall–Kier alpha value is -2.84. The molecule has 1 amide bonds. The molecule has 3 rings (SSSR count). The average molecular weight is 379 g/mol. The number of nitrogens with one attached hydrogen (secondary N) is 1. The predicted octanol–water partition coefficient (Wildman–Crippen LogP) is 3.67. The van der Waals surface area contributed by atoms with Gasteiger partial charge in [0.15, 0.2) is 5.69 Å². The third-order valence-corrected chi connectivity index (χ3v) is 4.79. The third kappa shape index (κ3) is 3.81. The Labute approximate surface area is 154 Å². The van der Waals surface area contributed by atoms with Gasteiger partial charge in [-0.25, -0.2) is 9.07 Å². The van der Waals surface area contributed by atoms with Gasteiger partial charge in [0.2, 0.25) is 0 Å². The first-order chi connectivity index (χ1) is 12.7. The first-order valence-corrected chi connectivity index (χ1v) is 8.49. The summed E-state index contributed by atoms with van der Waals surface area (Å²) in [6.45, 7) is 0.922. The van der Waals surface area contributed by atoms with Crippen molar-refractivity contribution in [2.45, 2.75) is 38.8 Å². The Kier molecular flexibility index (Phi) is 4.95. The molecule has 0 unspecified atom stereocenters. The Morgan fingerprint density at radius 3 is 2.78 bits per heavy atom. The summed E-state index contributed by atoms with van der Waals surface area (Å²) in [4.78, 5) is 16.7. The van der Waals surface area contributed by atoms with Crippen molar-refractivity contribution in [3.63, 3.8) is 0 Å². The molecule has 1 aromatic carbocycles. The van der Waals surface area contributed by atoms with Crippen LogP contribution in [0.1, 0.15) is 49.3 Å². The first kappa shape index (κ1) is 18.9. The Morgan fingerprint density at radius 2 is 2.15 bits per heavy atom. The summed E-state index contributed by atoms with van der Waals surface area (Å²) in [6, 6.07) is 5.30. The minimum atomic E-state index is -2.83. The number of alkyl halides is 2. The first-order valence-electron chi connectivity index (χ1n) is 8.49. The smallest absolute Gasteiger partial charge is 0.333 e. The van der Waals surface area contributed by atoms with E-state index in [4.69, 9.17) is 5.73 Å². The molecule has 0 radical (unpaired) electrons. The van der Waals surface area contributed by atoms with Gasteiger partial charge in [-0.2, -0.15) is 13.9 Å². The second-order valence-electron chi connectivity index (χ2n) is 6.86. The maximum absolute atomic E-state index is 14.5. The van der Waals surface area contributed by atoms with Crippen LogP contribution in [-0.2, 0) is 5.54 Å². The van der Waals surface area contributed by atoms with Crippen LogP contribution < -0.4 is 11.1 Å². The van der Waals surface area contributed by atoms with Crippen molar-refractivity contribution in [1.82, 2.24) is 9.78 Å². The molecule has 2 atom stereocenters. The molecule has 6 nitrogen and oxygen atoms in total. The number of nitrogens with zero attached hydrogens (tertiary/aromatic N) is 3. The van der Waals surface area contributed by atoms with Crippen LogP contribution in [0.3, 0.4) is 0 Å². The number of amides is 1. The van der Waals surface area contributed by atoms with Crippen molar-refractivity contribution >= 4 is 17.4 Å². The average Bonchev–Trinajstić information content (AvgIpc) is 3.11. The number of hydrogen-bond acceptors (Lipinski definition) is 4. The zero-order valence-electron chi connectivity index (χ0n) is 14.9. The molecular weight excluding hydrogens is 359 g/mol. The van der Waals surface area contributed by atoms with Crippen LogP contribution >= 0.6 is 0 Å². The molecule has 144 valence electrons. The summed E-state index contributed by atoms with van der Waals surface area (Å²) < 4.78 is 40.0. The summed E-state index contributed by atoms with van der Waals surface area (Å²) in [5, 5.41) is 6.06. The second kappa shape index (κ2) is 7.05. The topological polar surface area (TPSA) is 85.3 Å². The number of amidine groups is 1. The van der Waals surface area contributed by atoms with Crippen LogP contribution in [0.4, 0.5) is 18.9 Å². The van der Waals surface area contributed by atoms with Crippen molar-refractivity contribution in [3.8, 4) is 0 Å². The fourth-order valence-electron chi connectivity index (χ4n) is 3.07. The van der Waals surface area contributed by atoms with E-state index in [1.54, 1.807) is 6.92 Å². The highest BCUT2D eigenvalue weighted by Crippen LogP contribution is 2.38. The number of hydrogen-bond donors (Lipinski definition) is 2. The highest BCUT2D eigenvalue weighted by molar-refractivity contribution is 6.02. The largest absolute Gasteiger partial charge is 0.387 e. The van der Waals surface area contributed by atoms with Crippen molar-refractivity contribution in [2.24, 2.45) is 16.6 Å². The maximum atomic E-state index is 14.5. The second-order valence-corrected chi connectivity index (χ2v) is 6.86. The van der Waals surface area contributed by atoms with Crippen molar-refractivity contribution < 1.29 is 18.0 Å². The van der Waals surface area contributed by atoms with E-state index in [0.29, 0.717) is 28.2 Å². The monoisotopic (exact) mass is 379 g/mol. The molecular formula is C18H20F3N5O. The van der Waals surface area contributed by atoms with Crippen molar-refractivity contribution in [3.05, 3.63) is 47.5 Å². The van der Waals surface area contributed by atoms with E-state index in [2.05, 4.69) is 15.4 Å². The number of aliphatic imine (C=N–C) groups is 1. The van der Waals surface area contributed by atoms with E-state index in [1.807, 2.05) is 6.92 Å². The van der Waals surface area contributed by atoms with E-state index < -0.39 is 23.8 Å². The maximum Gasteiger partial charge on any atom is 0.333 e. The molecule has 3 N–H and O–H groups in total. The fraction of sp³-hybridized carbons (Fsp3) is 0.389. The number of benzene rings is 1. The SMILES string of the molecule is C[C@H]1CC[C@@](C)(c2cc(NC(=O)c3ccn(C(F)F)n3)ccc2F)N=C1N. The summed E-state index contributed by atoms with van der Waals surface area (Å²) in [5.41, 5.74) is 5.58. The minimum Gasteiger partial charge on any atom is -0.387 e. The number of rotatable bonds is 4. The molecule has 0 spiro atoms. The Bertz CT molecular complexity index is 895. The van der Waals surface area contributed by atoms with Gasteiger partial charge in [-0.05, 0) is 44.0 Å². The zero-order chi connectivity index (χ0) is 19.8. The Balaban J connectivity index is 1.86. The molecule has 27 heavy (non-hydrogen) atoms. The lowest BCUT2D eigenvalue weighted by Crippen LogP contribution is -2.35. The number of carbonyl (C=O) groups excluding carboxylic acids is 1. The summed E-state index contributed by atoms with van der Waals surface area (Å²) >= 11 is 0. The molecule has 1 aliphatic heterocycles. The lowest BCUT2D eigenvalue weighted by Gasteiger charge is -2.33. The van der Waals surface area contributed by atoms with E-state index in [-0.39, 0.29) is 11.6 Å². The van der Waals surface area contributed by atoms with Gasteiger partial charge in [-0.3, -0.25) is 9.79 Å². The van der Waals surface area contributed by atoms with Crippen LogP contribution in [0, 0.1) is 11.7 Å². The number of anilines is 1. The molecule has 9 heteroatoms. The van der Waals surface area contributed by atoms with Crippen LogP contribution in [0.5, 0.6) is 0 Å². The minimum absolute atomic E-state index is 0.133. The molecule has 0 bridgehead atoms. The summed E-state index contributed by atoms with van der Waals surface area (Å²) in [5.74, 6) is -0.523. The standard InChI is InChI=1S/C18H20F3N5O/c1-10-5-7-18(2,24-15(10)22)12-9-11(3-4-13(12)19)23-16(27)14-6-8-26(25-14)17(20)21/h3-4,6,8-10,17H,5,7H2,1-2H3,(H2,22,24)(H,23,27)/t10-,18-/m0/s1. The van der Waals surface area contributed by atoms with Crippen LogP contribution in [0.2, 0.25) is 0 Å². The van der Waals surface area contributed by atoms with Gasteiger partial charge in [0, 0.05) is 23.4 Å². The van der Waals surface area contributed by atoms with Gasteiger partial charge in [-0.1, -0.05) is 6.92 Å². The summed E-state index contributed by atoms with van der Waals surface area (Å²) in [7, 11) is 0. The normalized spacial score (nSPS) is 22.6. The third-order valence-electron chi connectivity index (χ3n) is 4.79. The molecule has 0 fully saturated rings. The van der Waals surface area contributed by atoms with Gasteiger partial charge in [-0.15, -0.1) is 0 Å². The van der Waals surface area contributed by atoms with Gasteiger partial charge < -0.3 is 11.1 Å². The van der Waals surface area contributed by atoms with E-state index in [1.165, 1.54) is 24.3 Å². The highest BCUT2D eigenvalue weighted by atomic mass is 19.3. The van der Waals surface area contributed by atoms with Crippen LogP contribution in [-0.4, -0.2) is 21.5 Å². The number of aromatic nitrogens is 2. The highest BCUT2D eigenvalue weighted by Gasteiger charge is 2.34. The quantitative estimate of drug-likeness (QED) is 0.850. The molecule has 1 aliphatic rings. The van der Waals surface area contributed by atoms with Crippen LogP contribution in [0.15, 0.2) is 35.5 Å². The molecule has 0 aliphatic carbocycles. The number of nitrogens with two attached hydrogens (primary N) is 1. The molecule has 2 aromatic rings. The van der Waals surface area contributed by atoms with Gasteiger partial charge in [0.05, 0.1) is 11.4 Å². The van der Waals surface area contributed by atoms with Gasteiger partial charge in [0.25, 0.3) is 5.91 Å². The van der Waals surface area contributed by atoms with E-state index in [9.17, 15) is 18.0 Å². The number of halogens is 3. The van der Waals surface area contributed by atoms with Gasteiger partial charge >= 0.3 is 6.55 Å². The van der Waals surface area contributed by atoms with E-state index >= 15 is 0 Å². The lowest BCUT2D eigenvalue weighted by atomic mass is 9.82. The lowest BCUT2D eigenvalue weighted by molar-refractivity contribution is 0.0561. The molecule has 1 aromatic heterocycles. The Morgan fingerprint density at radius 1 is 1.41 bits per heavy atom. The van der Waals surface area contributed by atoms with Crippen LogP contribution in [0.25, 0.3) is 0 Å². The number of carbonyl (C=O) groups is 1. The zero-order valence-corrected chi connectivity index (χ0v) is 14.9. The molecule has 0 saturated heterocycles.